The van der Waals surface area contributed by atoms with E-state index in [1.807, 2.05) is 42.6 Å². The quantitative estimate of drug-likeness (QED) is 0.574. The lowest BCUT2D eigenvalue weighted by atomic mass is 10.0. The van der Waals surface area contributed by atoms with E-state index in [2.05, 4.69) is 24.8 Å². The molecule has 1 aliphatic heterocycles. The number of anilines is 2. The summed E-state index contributed by atoms with van der Waals surface area (Å²) < 4.78 is 5.41. The van der Waals surface area contributed by atoms with Crippen molar-refractivity contribution in [2.45, 2.75) is 0 Å². The molecule has 8 heteroatoms. The molecule has 8 nitrogen and oxygen atoms in total. The molecule has 0 bridgehead atoms. The van der Waals surface area contributed by atoms with Crippen LogP contribution in [0.2, 0.25) is 0 Å². The van der Waals surface area contributed by atoms with Gasteiger partial charge in [0.1, 0.15) is 18.0 Å². The number of aromatic nitrogens is 5. The Balaban J connectivity index is 1.60. The molecule has 0 amide bonds. The zero-order chi connectivity index (χ0) is 19.6. The predicted molar refractivity (Wildman–Crippen MR) is 111 cm³/mol. The highest BCUT2D eigenvalue weighted by atomic mass is 16.5. The lowest BCUT2D eigenvalue weighted by molar-refractivity contribution is 0.122. The lowest BCUT2D eigenvalue weighted by Crippen LogP contribution is -2.36. The number of fused-ring (bicyclic) bond motifs is 1. The van der Waals surface area contributed by atoms with Crippen molar-refractivity contribution in [2.24, 2.45) is 0 Å². The van der Waals surface area contributed by atoms with Crippen LogP contribution in [0, 0.1) is 0 Å². The lowest BCUT2D eigenvalue weighted by Gasteiger charge is -2.27. The van der Waals surface area contributed by atoms with E-state index in [-0.39, 0.29) is 0 Å². The molecule has 0 unspecified atom stereocenters. The van der Waals surface area contributed by atoms with Crippen molar-refractivity contribution in [3.63, 3.8) is 0 Å². The number of hydrogen-bond donors (Lipinski definition) is 1. The fraction of sp³-hybridized carbons (Fsp3) is 0.190. The third-order valence-corrected chi connectivity index (χ3v) is 4.95. The summed E-state index contributed by atoms with van der Waals surface area (Å²) in [6, 6.07) is 11.8. The zero-order valence-electron chi connectivity index (χ0n) is 15.7. The Kier molecular flexibility index (Phi) is 4.45. The summed E-state index contributed by atoms with van der Waals surface area (Å²) in [5, 5.41) is 0.702. The van der Waals surface area contributed by atoms with Gasteiger partial charge in [-0.3, -0.25) is 4.98 Å². The molecule has 5 heterocycles. The van der Waals surface area contributed by atoms with Gasteiger partial charge < -0.3 is 15.4 Å². The van der Waals surface area contributed by atoms with E-state index in [0.717, 1.165) is 54.6 Å². The molecule has 5 rings (SSSR count). The number of nitrogens with two attached hydrogens (primary N) is 1. The zero-order valence-corrected chi connectivity index (χ0v) is 15.7. The maximum Gasteiger partial charge on any atom is 0.165 e. The number of ether oxygens (including phenoxy) is 1. The summed E-state index contributed by atoms with van der Waals surface area (Å²) in [6.45, 7) is 3.15. The SMILES string of the molecule is Nc1ncnc2nc(-c3ccc(N4CCOCC4)nc3)cc(-c3ccccn3)c12. The second-order valence-electron chi connectivity index (χ2n) is 6.73. The number of hydrogen-bond acceptors (Lipinski definition) is 8. The second-order valence-corrected chi connectivity index (χ2v) is 6.73. The van der Waals surface area contributed by atoms with Gasteiger partial charge in [-0.05, 0) is 30.3 Å². The van der Waals surface area contributed by atoms with Crippen LogP contribution in [-0.2, 0) is 4.74 Å². The minimum atomic E-state index is 0.385. The van der Waals surface area contributed by atoms with Crippen LogP contribution in [0.5, 0.6) is 0 Å². The molecule has 0 atom stereocenters. The number of nitrogen functional groups attached to an aromatic ring is 1. The Bertz CT molecular complexity index is 1140. The normalized spacial score (nSPS) is 14.3. The smallest absolute Gasteiger partial charge is 0.165 e. The van der Waals surface area contributed by atoms with E-state index in [9.17, 15) is 0 Å². The van der Waals surface area contributed by atoms with Crippen molar-refractivity contribution in [2.75, 3.05) is 36.9 Å². The van der Waals surface area contributed by atoms with Crippen LogP contribution in [0.25, 0.3) is 33.5 Å². The Morgan fingerprint density at radius 2 is 1.83 bits per heavy atom. The molecule has 144 valence electrons. The van der Waals surface area contributed by atoms with Crippen molar-refractivity contribution < 1.29 is 4.74 Å². The van der Waals surface area contributed by atoms with Crippen LogP contribution < -0.4 is 10.6 Å². The molecule has 1 aliphatic rings. The third kappa shape index (κ3) is 3.34. The van der Waals surface area contributed by atoms with Gasteiger partial charge in [-0.15, -0.1) is 0 Å². The highest BCUT2D eigenvalue weighted by Gasteiger charge is 2.16. The van der Waals surface area contributed by atoms with E-state index in [1.165, 1.54) is 6.33 Å². The molecule has 0 aliphatic carbocycles. The average molecular weight is 385 g/mol. The first-order valence-electron chi connectivity index (χ1n) is 9.41. The van der Waals surface area contributed by atoms with E-state index >= 15 is 0 Å². The molecule has 29 heavy (non-hydrogen) atoms. The van der Waals surface area contributed by atoms with Gasteiger partial charge in [0.05, 0.1) is 30.0 Å². The van der Waals surface area contributed by atoms with Crippen LogP contribution in [0.3, 0.4) is 0 Å². The van der Waals surface area contributed by atoms with Gasteiger partial charge in [-0.25, -0.2) is 19.9 Å². The van der Waals surface area contributed by atoms with Crippen molar-refractivity contribution in [3.8, 4) is 22.5 Å². The fourth-order valence-electron chi connectivity index (χ4n) is 3.48. The minimum Gasteiger partial charge on any atom is -0.383 e. The highest BCUT2D eigenvalue weighted by Crippen LogP contribution is 2.32. The van der Waals surface area contributed by atoms with E-state index < -0.39 is 0 Å². The molecule has 0 aromatic carbocycles. The van der Waals surface area contributed by atoms with Gasteiger partial charge >= 0.3 is 0 Å². The standard InChI is InChI=1S/C21H19N7O/c22-20-19-15(16-3-1-2-6-23-16)11-17(27-21(19)26-13-25-20)14-4-5-18(24-12-14)28-7-9-29-10-8-28/h1-6,11-13H,7-10H2,(H2,22,25,26,27). The molecule has 0 spiro atoms. The average Bonchev–Trinajstić information content (AvgIpc) is 2.80. The molecular weight excluding hydrogens is 366 g/mol. The van der Waals surface area contributed by atoms with Gasteiger partial charge in [0.2, 0.25) is 0 Å². The minimum absolute atomic E-state index is 0.385. The van der Waals surface area contributed by atoms with Crippen molar-refractivity contribution >= 4 is 22.7 Å². The molecule has 0 saturated carbocycles. The first kappa shape index (κ1) is 17.4. The number of pyridine rings is 3. The Labute approximate surface area is 167 Å². The monoisotopic (exact) mass is 385 g/mol. The van der Waals surface area contributed by atoms with Gasteiger partial charge in [0.25, 0.3) is 0 Å². The van der Waals surface area contributed by atoms with Crippen LogP contribution in [0.15, 0.2) is 55.1 Å². The summed E-state index contributed by atoms with van der Waals surface area (Å²) >= 11 is 0. The molecule has 1 fully saturated rings. The van der Waals surface area contributed by atoms with Gasteiger partial charge in [0, 0.05) is 36.6 Å². The van der Waals surface area contributed by atoms with Crippen molar-refractivity contribution in [1.82, 2.24) is 24.9 Å². The summed E-state index contributed by atoms with van der Waals surface area (Å²) in [6.07, 6.45) is 5.02. The summed E-state index contributed by atoms with van der Waals surface area (Å²) in [5.74, 6) is 1.32. The van der Waals surface area contributed by atoms with Gasteiger partial charge in [-0.2, -0.15) is 0 Å². The highest BCUT2D eigenvalue weighted by molar-refractivity contribution is 6.00. The molecule has 2 N–H and O–H groups in total. The summed E-state index contributed by atoms with van der Waals surface area (Å²) in [5.41, 5.74) is 9.98. The van der Waals surface area contributed by atoms with E-state index in [4.69, 9.17) is 15.5 Å². The first-order chi connectivity index (χ1) is 14.3. The van der Waals surface area contributed by atoms with Crippen LogP contribution in [-0.4, -0.2) is 51.2 Å². The summed E-state index contributed by atoms with van der Waals surface area (Å²) in [4.78, 5) is 24.5. The maximum absolute atomic E-state index is 6.14. The first-order valence-corrected chi connectivity index (χ1v) is 9.41. The number of rotatable bonds is 3. The topological polar surface area (TPSA) is 103 Å². The van der Waals surface area contributed by atoms with E-state index in [0.29, 0.717) is 16.9 Å². The molecule has 0 radical (unpaired) electrons. The van der Waals surface area contributed by atoms with Crippen molar-refractivity contribution in [3.05, 3.63) is 55.1 Å². The number of morpholine rings is 1. The Morgan fingerprint density at radius 3 is 2.59 bits per heavy atom. The van der Waals surface area contributed by atoms with Crippen LogP contribution >= 0.6 is 0 Å². The van der Waals surface area contributed by atoms with Crippen LogP contribution in [0.1, 0.15) is 0 Å². The molecule has 1 saturated heterocycles. The Hall–Kier alpha value is -3.65. The third-order valence-electron chi connectivity index (χ3n) is 4.95. The van der Waals surface area contributed by atoms with Gasteiger partial charge in [-0.1, -0.05) is 6.07 Å². The van der Waals surface area contributed by atoms with Crippen LogP contribution in [0.4, 0.5) is 11.6 Å². The maximum atomic E-state index is 6.14. The molecule has 4 aromatic heterocycles. The largest absolute Gasteiger partial charge is 0.383 e. The molecular formula is C21H19N7O. The second kappa shape index (κ2) is 7.40. The van der Waals surface area contributed by atoms with E-state index in [1.54, 1.807) is 6.20 Å². The van der Waals surface area contributed by atoms with Gasteiger partial charge in [0.15, 0.2) is 5.65 Å². The Morgan fingerprint density at radius 1 is 0.931 bits per heavy atom. The predicted octanol–water partition coefficient (Wildman–Crippen LogP) is 2.57. The van der Waals surface area contributed by atoms with Crippen molar-refractivity contribution in [1.29, 1.82) is 0 Å². The molecule has 4 aromatic rings. The number of nitrogens with zero attached hydrogens (tertiary/aromatic N) is 6. The summed E-state index contributed by atoms with van der Waals surface area (Å²) in [7, 11) is 0. The fourth-order valence-corrected chi connectivity index (χ4v) is 3.48.